The number of ether oxygens (including phenoxy) is 4. The molecule has 1 rings (SSSR count). The van der Waals surface area contributed by atoms with Crippen LogP contribution in [0.3, 0.4) is 0 Å². The van der Waals surface area contributed by atoms with Gasteiger partial charge in [-0.25, -0.2) is 0 Å². The summed E-state index contributed by atoms with van der Waals surface area (Å²) in [7, 11) is 5.02. The maximum absolute atomic E-state index is 5.86. The Morgan fingerprint density at radius 1 is 1.12 bits per heavy atom. The van der Waals surface area contributed by atoms with Gasteiger partial charge in [0.05, 0.1) is 33.5 Å². The minimum Gasteiger partial charge on any atom is -0.497 e. The Balaban J connectivity index is 2.24. The summed E-state index contributed by atoms with van der Waals surface area (Å²) in [5.74, 6) is 2.27. The highest BCUT2D eigenvalue weighted by atomic mass is 16.5. The number of guanidine groups is 1. The fourth-order valence-corrected chi connectivity index (χ4v) is 1.90. The number of nitrogens with zero attached hydrogens (tertiary/aromatic N) is 1. The van der Waals surface area contributed by atoms with Crippen LogP contribution in [-0.4, -0.2) is 66.2 Å². The molecule has 0 heterocycles. The zero-order valence-corrected chi connectivity index (χ0v) is 15.0. The number of nitrogens with one attached hydrogen (secondary N) is 2. The van der Waals surface area contributed by atoms with E-state index in [9.17, 15) is 0 Å². The van der Waals surface area contributed by atoms with Crippen LogP contribution in [0.4, 0.5) is 0 Å². The van der Waals surface area contributed by atoms with Crippen LogP contribution in [0.15, 0.2) is 29.3 Å². The molecule has 0 amide bonds. The smallest absolute Gasteiger partial charge is 0.191 e. The predicted molar refractivity (Wildman–Crippen MR) is 95.1 cm³/mol. The highest BCUT2D eigenvalue weighted by Gasteiger charge is 2.06. The fraction of sp³-hybridized carbons (Fsp3) is 0.588. The van der Waals surface area contributed by atoms with Gasteiger partial charge in [0.15, 0.2) is 5.96 Å². The quantitative estimate of drug-likeness (QED) is 0.360. The summed E-state index contributed by atoms with van der Waals surface area (Å²) in [5.41, 5.74) is 0. The lowest BCUT2D eigenvalue weighted by atomic mass is 10.3. The SMILES string of the molecule is CN=C(NCCOCCOC)NCC(C)Oc1cccc(OC)c1. The molecule has 0 saturated carbocycles. The molecule has 7 nitrogen and oxygen atoms in total. The van der Waals surface area contributed by atoms with Crippen molar-refractivity contribution in [3.63, 3.8) is 0 Å². The average molecular weight is 339 g/mol. The van der Waals surface area contributed by atoms with Gasteiger partial charge >= 0.3 is 0 Å². The molecule has 1 unspecified atom stereocenters. The van der Waals surface area contributed by atoms with Crippen LogP contribution >= 0.6 is 0 Å². The largest absolute Gasteiger partial charge is 0.497 e. The third-order valence-corrected chi connectivity index (χ3v) is 3.13. The maximum atomic E-state index is 5.86. The van der Waals surface area contributed by atoms with Gasteiger partial charge < -0.3 is 29.6 Å². The molecule has 0 spiro atoms. The van der Waals surface area contributed by atoms with E-state index in [0.29, 0.717) is 38.9 Å². The Morgan fingerprint density at radius 3 is 2.62 bits per heavy atom. The van der Waals surface area contributed by atoms with Crippen LogP contribution < -0.4 is 20.1 Å². The number of hydrogen-bond acceptors (Lipinski definition) is 5. The molecular formula is C17H29N3O4. The number of benzene rings is 1. The van der Waals surface area contributed by atoms with Crippen molar-refractivity contribution in [3.05, 3.63) is 24.3 Å². The molecule has 1 aromatic rings. The first-order valence-corrected chi connectivity index (χ1v) is 8.01. The van der Waals surface area contributed by atoms with Gasteiger partial charge in [-0.1, -0.05) is 6.07 Å². The van der Waals surface area contributed by atoms with Gasteiger partial charge in [0, 0.05) is 26.8 Å². The topological polar surface area (TPSA) is 73.3 Å². The van der Waals surface area contributed by atoms with Gasteiger partial charge in [0.25, 0.3) is 0 Å². The molecular weight excluding hydrogens is 310 g/mol. The fourth-order valence-electron chi connectivity index (χ4n) is 1.90. The zero-order valence-electron chi connectivity index (χ0n) is 15.0. The molecule has 24 heavy (non-hydrogen) atoms. The Bertz CT molecular complexity index is 483. The van der Waals surface area contributed by atoms with Crippen molar-refractivity contribution in [3.8, 4) is 11.5 Å². The second kappa shape index (κ2) is 12.4. The summed E-state index contributed by atoms with van der Waals surface area (Å²) < 4.78 is 21.3. The summed E-state index contributed by atoms with van der Waals surface area (Å²) in [4.78, 5) is 4.17. The van der Waals surface area contributed by atoms with E-state index >= 15 is 0 Å². The summed E-state index contributed by atoms with van der Waals surface area (Å²) in [5, 5.41) is 6.40. The molecule has 0 bridgehead atoms. The standard InChI is InChI=1S/C17H29N3O4/c1-14(24-16-7-5-6-15(12-16)22-4)13-20-17(18-2)19-8-9-23-11-10-21-3/h5-7,12,14H,8-11,13H2,1-4H3,(H2,18,19,20). The van der Waals surface area contributed by atoms with Gasteiger partial charge in [-0.3, -0.25) is 4.99 Å². The van der Waals surface area contributed by atoms with Crippen molar-refractivity contribution in [1.29, 1.82) is 0 Å². The van der Waals surface area contributed by atoms with E-state index in [1.165, 1.54) is 0 Å². The summed E-state index contributed by atoms with van der Waals surface area (Å²) in [6.07, 6.45) is -0.0198. The van der Waals surface area contributed by atoms with Crippen molar-refractivity contribution >= 4 is 5.96 Å². The molecule has 0 fully saturated rings. The van der Waals surface area contributed by atoms with Crippen LogP contribution in [0.5, 0.6) is 11.5 Å². The van der Waals surface area contributed by atoms with Crippen LogP contribution in [-0.2, 0) is 9.47 Å². The van der Waals surface area contributed by atoms with E-state index in [4.69, 9.17) is 18.9 Å². The molecule has 0 radical (unpaired) electrons. The van der Waals surface area contributed by atoms with Gasteiger partial charge in [-0.2, -0.15) is 0 Å². The highest BCUT2D eigenvalue weighted by molar-refractivity contribution is 5.79. The lowest BCUT2D eigenvalue weighted by molar-refractivity contribution is 0.0733. The Morgan fingerprint density at radius 2 is 1.92 bits per heavy atom. The van der Waals surface area contributed by atoms with Crippen molar-refractivity contribution < 1.29 is 18.9 Å². The molecule has 1 aromatic carbocycles. The van der Waals surface area contributed by atoms with Crippen molar-refractivity contribution in [1.82, 2.24) is 10.6 Å². The minimum atomic E-state index is -0.0198. The van der Waals surface area contributed by atoms with Crippen LogP contribution in [0.2, 0.25) is 0 Å². The number of hydrogen-bond donors (Lipinski definition) is 2. The number of methoxy groups -OCH3 is 2. The lowest BCUT2D eigenvalue weighted by Crippen LogP contribution is -2.42. The van der Waals surface area contributed by atoms with Crippen molar-refractivity contribution in [2.24, 2.45) is 4.99 Å². The molecule has 7 heteroatoms. The summed E-state index contributed by atoms with van der Waals surface area (Å²) in [6.45, 7) is 5.09. The first-order chi connectivity index (χ1) is 11.7. The van der Waals surface area contributed by atoms with Crippen molar-refractivity contribution in [2.45, 2.75) is 13.0 Å². The molecule has 0 aliphatic heterocycles. The molecule has 0 aliphatic rings. The Kier molecular flexibility index (Phi) is 10.4. The van der Waals surface area contributed by atoms with E-state index in [1.54, 1.807) is 21.3 Å². The first kappa shape index (κ1) is 20.1. The maximum Gasteiger partial charge on any atom is 0.191 e. The second-order valence-corrected chi connectivity index (χ2v) is 5.09. The van der Waals surface area contributed by atoms with Crippen LogP contribution in [0.1, 0.15) is 6.92 Å². The molecule has 1 atom stereocenters. The summed E-state index contributed by atoms with van der Waals surface area (Å²) in [6, 6.07) is 7.55. The van der Waals surface area contributed by atoms with Gasteiger partial charge in [0.1, 0.15) is 17.6 Å². The first-order valence-electron chi connectivity index (χ1n) is 8.01. The predicted octanol–water partition coefficient (Wildman–Crippen LogP) is 1.29. The lowest BCUT2D eigenvalue weighted by Gasteiger charge is -2.18. The van der Waals surface area contributed by atoms with E-state index in [0.717, 1.165) is 11.5 Å². The van der Waals surface area contributed by atoms with E-state index in [1.807, 2.05) is 31.2 Å². The molecule has 2 N–H and O–H groups in total. The van der Waals surface area contributed by atoms with Gasteiger partial charge in [-0.05, 0) is 19.1 Å². The third kappa shape index (κ3) is 8.59. The Hall–Kier alpha value is -1.99. The second-order valence-electron chi connectivity index (χ2n) is 5.09. The zero-order chi connectivity index (χ0) is 17.6. The average Bonchev–Trinajstić information content (AvgIpc) is 2.60. The number of rotatable bonds is 11. The van der Waals surface area contributed by atoms with Crippen LogP contribution in [0.25, 0.3) is 0 Å². The van der Waals surface area contributed by atoms with E-state index in [2.05, 4.69) is 15.6 Å². The Labute approximate surface area is 144 Å². The summed E-state index contributed by atoms with van der Waals surface area (Å²) >= 11 is 0. The van der Waals surface area contributed by atoms with Crippen molar-refractivity contribution in [2.75, 3.05) is 54.2 Å². The molecule has 0 aromatic heterocycles. The molecule has 0 saturated heterocycles. The van der Waals surface area contributed by atoms with Gasteiger partial charge in [0.2, 0.25) is 0 Å². The van der Waals surface area contributed by atoms with E-state index < -0.39 is 0 Å². The molecule has 0 aliphatic carbocycles. The van der Waals surface area contributed by atoms with E-state index in [-0.39, 0.29) is 6.10 Å². The highest BCUT2D eigenvalue weighted by Crippen LogP contribution is 2.19. The third-order valence-electron chi connectivity index (χ3n) is 3.13. The van der Waals surface area contributed by atoms with Gasteiger partial charge in [-0.15, -0.1) is 0 Å². The van der Waals surface area contributed by atoms with Crippen LogP contribution in [0, 0.1) is 0 Å². The monoisotopic (exact) mass is 339 g/mol. The minimum absolute atomic E-state index is 0.0198. The molecule has 136 valence electrons. The number of aliphatic imine (C=N–C) groups is 1. The normalized spacial score (nSPS) is 12.6.